The number of anilines is 1. The lowest BCUT2D eigenvalue weighted by Gasteiger charge is -2.33. The molecular weight excluding hydrogens is 353 g/mol. The van der Waals surface area contributed by atoms with Crippen molar-refractivity contribution in [1.82, 2.24) is 0 Å². The summed E-state index contributed by atoms with van der Waals surface area (Å²) in [6.07, 6.45) is 0.516. The quantitative estimate of drug-likeness (QED) is 0.599. The number of hydrogen-bond acceptors (Lipinski definition) is 6. The normalized spacial score (nSPS) is 19.3. The lowest BCUT2D eigenvalue weighted by atomic mass is 10.2. The molecule has 1 heterocycles. The molecule has 1 aliphatic rings. The molecule has 1 aromatic rings. The van der Waals surface area contributed by atoms with Gasteiger partial charge in [0.2, 0.25) is 0 Å². The smallest absolute Gasteiger partial charge is 0.375 e. The predicted octanol–water partition coefficient (Wildman–Crippen LogP) is 2.50. The van der Waals surface area contributed by atoms with Gasteiger partial charge in [0.1, 0.15) is 5.69 Å². The minimum atomic E-state index is -5.64. The number of alkyl halides is 3. The van der Waals surface area contributed by atoms with Crippen LogP contribution < -0.4 is 4.90 Å². The summed E-state index contributed by atoms with van der Waals surface area (Å²) in [5, 5.41) is 11.2. The van der Waals surface area contributed by atoms with Gasteiger partial charge in [0.15, 0.2) is 0 Å². The summed E-state index contributed by atoms with van der Waals surface area (Å²) >= 11 is 0. The molecule has 0 bridgehead atoms. The molecular formula is C13H15F3N2O5S. The fourth-order valence-electron chi connectivity index (χ4n) is 2.40. The van der Waals surface area contributed by atoms with Gasteiger partial charge in [-0.2, -0.15) is 13.2 Å². The molecule has 0 N–H and O–H groups in total. The molecule has 1 atom stereocenters. The molecule has 0 amide bonds. The average molecular weight is 368 g/mol. The van der Waals surface area contributed by atoms with Crippen LogP contribution in [0.4, 0.5) is 24.5 Å². The molecule has 0 radical (unpaired) electrons. The van der Waals surface area contributed by atoms with Crippen molar-refractivity contribution in [3.63, 3.8) is 0 Å². The minimum Gasteiger partial charge on any atom is -0.375 e. The molecule has 11 heteroatoms. The van der Waals surface area contributed by atoms with E-state index in [-0.39, 0.29) is 11.8 Å². The second-order valence-electron chi connectivity index (χ2n) is 5.20. The van der Waals surface area contributed by atoms with Crippen LogP contribution in [0.1, 0.15) is 13.3 Å². The second-order valence-corrected chi connectivity index (χ2v) is 7.15. The van der Waals surface area contributed by atoms with Gasteiger partial charge in [-0.3, -0.25) is 10.1 Å². The molecule has 0 aromatic heterocycles. The van der Waals surface area contributed by atoms with Gasteiger partial charge in [0.25, 0.3) is 15.5 Å². The number of sulfone groups is 1. The molecule has 134 valence electrons. The maximum Gasteiger partial charge on any atom is 0.501 e. The van der Waals surface area contributed by atoms with Crippen LogP contribution in [0.15, 0.2) is 23.1 Å². The van der Waals surface area contributed by atoms with Gasteiger partial charge in [0, 0.05) is 19.2 Å². The van der Waals surface area contributed by atoms with E-state index in [0.717, 1.165) is 12.1 Å². The Morgan fingerprint density at radius 2 is 2.08 bits per heavy atom. The van der Waals surface area contributed by atoms with Crippen molar-refractivity contribution < 1.29 is 31.2 Å². The number of nitrogens with zero attached hydrogens (tertiary/aromatic N) is 2. The third kappa shape index (κ3) is 3.46. The monoisotopic (exact) mass is 368 g/mol. The summed E-state index contributed by atoms with van der Waals surface area (Å²) in [5.74, 6) is 0. The first-order chi connectivity index (χ1) is 11.1. The van der Waals surface area contributed by atoms with Crippen LogP contribution >= 0.6 is 0 Å². The van der Waals surface area contributed by atoms with Gasteiger partial charge >= 0.3 is 5.51 Å². The number of hydrogen-bond donors (Lipinski definition) is 0. The first-order valence-corrected chi connectivity index (χ1v) is 8.52. The zero-order valence-corrected chi connectivity index (χ0v) is 13.4. The first-order valence-electron chi connectivity index (χ1n) is 7.04. The van der Waals surface area contributed by atoms with Crippen LogP contribution in [-0.4, -0.2) is 44.6 Å². The van der Waals surface area contributed by atoms with Gasteiger partial charge < -0.3 is 9.64 Å². The van der Waals surface area contributed by atoms with E-state index in [2.05, 4.69) is 0 Å². The molecule has 0 aliphatic carbocycles. The Bertz CT molecular complexity index is 736. The fourth-order valence-corrected chi connectivity index (χ4v) is 3.18. The van der Waals surface area contributed by atoms with Crippen LogP contribution in [0, 0.1) is 10.1 Å². The Labute approximate surface area is 136 Å². The molecule has 0 saturated carbocycles. The second kappa shape index (κ2) is 6.55. The average Bonchev–Trinajstić information content (AvgIpc) is 2.53. The van der Waals surface area contributed by atoms with Crippen LogP contribution in [0.5, 0.6) is 0 Å². The summed E-state index contributed by atoms with van der Waals surface area (Å²) in [6.45, 7) is 2.85. The number of morpholine rings is 1. The molecule has 7 nitrogen and oxygen atoms in total. The number of nitro benzene ring substituents is 1. The van der Waals surface area contributed by atoms with Crippen molar-refractivity contribution >= 4 is 21.2 Å². The first kappa shape index (κ1) is 18.5. The summed E-state index contributed by atoms with van der Waals surface area (Å²) in [7, 11) is -5.64. The number of halogens is 3. The van der Waals surface area contributed by atoms with Crippen molar-refractivity contribution in [1.29, 1.82) is 0 Å². The third-order valence-electron chi connectivity index (χ3n) is 3.69. The molecule has 24 heavy (non-hydrogen) atoms. The van der Waals surface area contributed by atoms with E-state index in [1.54, 1.807) is 4.90 Å². The summed E-state index contributed by atoms with van der Waals surface area (Å²) in [4.78, 5) is 10.8. The van der Waals surface area contributed by atoms with Gasteiger partial charge in [-0.15, -0.1) is 0 Å². The van der Waals surface area contributed by atoms with Crippen molar-refractivity contribution in [3.05, 3.63) is 28.3 Å². The third-order valence-corrected chi connectivity index (χ3v) is 5.18. The highest BCUT2D eigenvalue weighted by molar-refractivity contribution is 7.92. The zero-order valence-electron chi connectivity index (χ0n) is 12.6. The Hall–Kier alpha value is -1.88. The summed E-state index contributed by atoms with van der Waals surface area (Å²) in [5.41, 5.74) is -6.13. The number of ether oxygens (including phenoxy) is 1. The van der Waals surface area contributed by atoms with Crippen molar-refractivity contribution in [2.45, 2.75) is 29.9 Å². The molecule has 1 aliphatic heterocycles. The van der Waals surface area contributed by atoms with Gasteiger partial charge in [-0.1, -0.05) is 6.92 Å². The van der Waals surface area contributed by atoms with Crippen LogP contribution in [0.2, 0.25) is 0 Å². The van der Waals surface area contributed by atoms with Crippen molar-refractivity contribution in [3.8, 4) is 0 Å². The minimum absolute atomic E-state index is 0.0721. The van der Waals surface area contributed by atoms with Crippen molar-refractivity contribution in [2.75, 3.05) is 24.6 Å². The maximum atomic E-state index is 12.6. The van der Waals surface area contributed by atoms with E-state index in [1.807, 2.05) is 6.92 Å². The van der Waals surface area contributed by atoms with Gasteiger partial charge in [-0.05, 0) is 18.6 Å². The highest BCUT2D eigenvalue weighted by Gasteiger charge is 2.47. The van der Waals surface area contributed by atoms with Gasteiger partial charge in [-0.25, -0.2) is 8.42 Å². The Kier molecular flexibility index (Phi) is 5.04. The molecule has 2 rings (SSSR count). The molecule has 1 aromatic carbocycles. The highest BCUT2D eigenvalue weighted by Crippen LogP contribution is 2.36. The van der Waals surface area contributed by atoms with Crippen molar-refractivity contribution in [2.24, 2.45) is 0 Å². The number of rotatable bonds is 4. The van der Waals surface area contributed by atoms with E-state index >= 15 is 0 Å². The Morgan fingerprint density at radius 3 is 2.62 bits per heavy atom. The van der Waals surface area contributed by atoms with E-state index in [9.17, 15) is 31.7 Å². The lowest BCUT2D eigenvalue weighted by Crippen LogP contribution is -2.42. The lowest BCUT2D eigenvalue weighted by molar-refractivity contribution is -0.384. The van der Waals surface area contributed by atoms with Crippen LogP contribution in [0.25, 0.3) is 0 Å². The Balaban J connectivity index is 2.47. The SMILES string of the molecule is CC[C@@H]1CN(c2ccc(S(=O)(=O)C(F)(F)F)cc2[N+](=O)[O-])CCO1. The number of benzene rings is 1. The van der Waals surface area contributed by atoms with E-state index < -0.39 is 30.9 Å². The van der Waals surface area contributed by atoms with Crippen LogP contribution in [-0.2, 0) is 14.6 Å². The largest absolute Gasteiger partial charge is 0.501 e. The predicted molar refractivity (Wildman–Crippen MR) is 78.6 cm³/mol. The zero-order chi connectivity index (χ0) is 18.1. The van der Waals surface area contributed by atoms with E-state index in [0.29, 0.717) is 32.2 Å². The maximum absolute atomic E-state index is 12.6. The molecule has 1 fully saturated rings. The Morgan fingerprint density at radius 1 is 1.42 bits per heavy atom. The standard InChI is InChI=1S/C13H15F3N2O5S/c1-2-9-8-17(5-6-23-9)11-4-3-10(7-12(11)18(19)20)24(21,22)13(14,15)16/h3-4,7,9H,2,5-6,8H2,1H3/t9-/m1/s1. The van der Waals surface area contributed by atoms with Gasteiger partial charge in [0.05, 0.1) is 22.5 Å². The molecule has 0 spiro atoms. The molecule has 1 saturated heterocycles. The topological polar surface area (TPSA) is 89.8 Å². The van der Waals surface area contributed by atoms with E-state index in [1.165, 1.54) is 0 Å². The summed E-state index contributed by atoms with van der Waals surface area (Å²) < 4.78 is 66.2. The van der Waals surface area contributed by atoms with Crippen LogP contribution in [0.3, 0.4) is 0 Å². The number of nitro groups is 1. The molecule has 0 unspecified atom stereocenters. The highest BCUT2D eigenvalue weighted by atomic mass is 32.2. The fraction of sp³-hybridized carbons (Fsp3) is 0.538. The summed E-state index contributed by atoms with van der Waals surface area (Å²) in [6, 6.07) is 2.23. The van der Waals surface area contributed by atoms with E-state index in [4.69, 9.17) is 4.74 Å².